The molecule has 0 aliphatic rings. The number of hydrogen-bond acceptors (Lipinski definition) is 4. The van der Waals surface area contributed by atoms with Crippen LogP contribution in [-0.4, -0.2) is 35.5 Å². The van der Waals surface area contributed by atoms with Crippen LogP contribution in [0.2, 0.25) is 0 Å². The molecule has 0 atom stereocenters. The molecule has 0 saturated carbocycles. The number of benzene rings is 2. The monoisotopic (exact) mass is 398 g/mol. The Morgan fingerprint density at radius 1 is 1.11 bits per heavy atom. The lowest BCUT2D eigenvalue weighted by atomic mass is 10.2. The van der Waals surface area contributed by atoms with E-state index in [9.17, 15) is 9.18 Å². The van der Waals surface area contributed by atoms with E-state index < -0.39 is 0 Å². The fourth-order valence-corrected chi connectivity index (χ4v) is 3.49. The molecule has 1 amide bonds. The van der Waals surface area contributed by atoms with Gasteiger partial charge in [-0.25, -0.2) is 9.07 Å². The Labute approximate surface area is 168 Å². The molecule has 0 bridgehead atoms. The van der Waals surface area contributed by atoms with Crippen molar-refractivity contribution in [2.45, 2.75) is 17.9 Å². The molecule has 2 aromatic carbocycles. The molecule has 3 aromatic rings. The van der Waals surface area contributed by atoms with Gasteiger partial charge in [-0.1, -0.05) is 12.1 Å². The van der Waals surface area contributed by atoms with Gasteiger partial charge in [0.1, 0.15) is 11.6 Å². The van der Waals surface area contributed by atoms with Gasteiger partial charge in [-0.15, -0.1) is 11.8 Å². The van der Waals surface area contributed by atoms with Crippen molar-refractivity contribution in [3.63, 3.8) is 0 Å². The average molecular weight is 399 g/mol. The van der Waals surface area contributed by atoms with Gasteiger partial charge in [-0.2, -0.15) is 5.10 Å². The zero-order valence-electron chi connectivity index (χ0n) is 15.9. The van der Waals surface area contributed by atoms with E-state index in [4.69, 9.17) is 0 Å². The smallest absolute Gasteiger partial charge is 0.226 e. The lowest BCUT2D eigenvalue weighted by molar-refractivity contribution is -0.115. The molecule has 0 aliphatic carbocycles. The number of aromatic nitrogens is 2. The van der Waals surface area contributed by atoms with Gasteiger partial charge in [-0.05, 0) is 42.0 Å². The third kappa shape index (κ3) is 5.60. The molecule has 1 N–H and O–H groups in total. The minimum absolute atomic E-state index is 0.0701. The lowest BCUT2D eigenvalue weighted by Crippen LogP contribution is -2.16. The third-order valence-electron chi connectivity index (χ3n) is 4.18. The van der Waals surface area contributed by atoms with Crippen LogP contribution < -0.4 is 10.2 Å². The number of nitrogens with zero attached hydrogens (tertiary/aromatic N) is 3. The van der Waals surface area contributed by atoms with Crippen LogP contribution in [0.4, 0.5) is 15.9 Å². The number of amides is 1. The van der Waals surface area contributed by atoms with Crippen LogP contribution in [0.5, 0.6) is 0 Å². The fourth-order valence-electron chi connectivity index (χ4n) is 2.64. The van der Waals surface area contributed by atoms with Crippen molar-refractivity contribution in [1.82, 2.24) is 9.78 Å². The Bertz CT molecular complexity index is 907. The topological polar surface area (TPSA) is 50.2 Å². The lowest BCUT2D eigenvalue weighted by Gasteiger charge is -2.13. The average Bonchev–Trinajstić information content (AvgIpc) is 3.10. The second-order valence-corrected chi connectivity index (χ2v) is 7.70. The van der Waals surface area contributed by atoms with E-state index in [1.807, 2.05) is 19.0 Å². The maximum atomic E-state index is 12.9. The molecule has 5 nitrogen and oxygen atoms in total. The summed E-state index contributed by atoms with van der Waals surface area (Å²) in [7, 11) is 4.01. The summed E-state index contributed by atoms with van der Waals surface area (Å²) in [6.45, 7) is 0.584. The van der Waals surface area contributed by atoms with Gasteiger partial charge >= 0.3 is 0 Å². The first-order valence-electron chi connectivity index (χ1n) is 8.97. The molecular weight excluding hydrogens is 375 g/mol. The zero-order valence-corrected chi connectivity index (χ0v) is 16.7. The third-order valence-corrected chi connectivity index (χ3v) is 5.19. The van der Waals surface area contributed by atoms with Gasteiger partial charge < -0.3 is 10.2 Å². The Hall–Kier alpha value is -2.80. The van der Waals surface area contributed by atoms with Crippen molar-refractivity contribution < 1.29 is 9.18 Å². The standard InChI is InChI=1S/C21H23FN4OS/c1-25(2)18-7-3-16(4-8-18)15-26-20(11-13-23-26)24-21(27)12-14-28-19-9-5-17(22)6-10-19/h3-11,13H,12,14-15H2,1-2H3,(H,24,27). The molecule has 0 radical (unpaired) electrons. The number of carbonyl (C=O) groups excluding carboxylic acids is 1. The van der Waals surface area contributed by atoms with Gasteiger partial charge in [0, 0.05) is 42.9 Å². The molecule has 0 spiro atoms. The first-order chi connectivity index (χ1) is 13.5. The summed E-state index contributed by atoms with van der Waals surface area (Å²) in [5.74, 6) is 0.969. The predicted molar refractivity (Wildman–Crippen MR) is 112 cm³/mol. The summed E-state index contributed by atoms with van der Waals surface area (Å²) in [5, 5.41) is 7.22. The fraction of sp³-hybridized carbons (Fsp3) is 0.238. The highest BCUT2D eigenvalue weighted by Crippen LogP contribution is 2.19. The normalized spacial score (nSPS) is 10.7. The summed E-state index contributed by atoms with van der Waals surface area (Å²) in [6.07, 6.45) is 2.04. The molecule has 1 aromatic heterocycles. The quantitative estimate of drug-likeness (QED) is 0.576. The maximum Gasteiger partial charge on any atom is 0.226 e. The molecule has 0 saturated heterocycles. The van der Waals surface area contributed by atoms with Gasteiger partial charge in [-0.3, -0.25) is 4.79 Å². The van der Waals surface area contributed by atoms with Crippen molar-refractivity contribution in [3.8, 4) is 0 Å². The second kappa shape index (κ2) is 9.41. The van der Waals surface area contributed by atoms with Crippen molar-refractivity contribution in [2.24, 2.45) is 0 Å². The van der Waals surface area contributed by atoms with Crippen LogP contribution in [0.3, 0.4) is 0 Å². The molecule has 1 heterocycles. The van der Waals surface area contributed by atoms with Crippen molar-refractivity contribution in [2.75, 3.05) is 30.1 Å². The Morgan fingerprint density at radius 2 is 1.82 bits per heavy atom. The number of halogens is 1. The van der Waals surface area contributed by atoms with Crippen molar-refractivity contribution >= 4 is 29.2 Å². The van der Waals surface area contributed by atoms with Crippen LogP contribution in [0, 0.1) is 5.82 Å². The summed E-state index contributed by atoms with van der Waals surface area (Å²) >= 11 is 1.53. The highest BCUT2D eigenvalue weighted by molar-refractivity contribution is 7.99. The number of hydrogen-bond donors (Lipinski definition) is 1. The first kappa shape index (κ1) is 19.9. The van der Waals surface area contributed by atoms with E-state index in [2.05, 4.69) is 34.7 Å². The summed E-state index contributed by atoms with van der Waals surface area (Å²) in [6, 6.07) is 16.3. The van der Waals surface area contributed by atoms with E-state index in [0.29, 0.717) is 24.5 Å². The summed E-state index contributed by atoms with van der Waals surface area (Å²) in [4.78, 5) is 15.2. The van der Waals surface area contributed by atoms with Crippen LogP contribution in [-0.2, 0) is 11.3 Å². The minimum atomic E-state index is -0.258. The number of carbonyl (C=O) groups is 1. The predicted octanol–water partition coefficient (Wildman–Crippen LogP) is 4.26. The highest BCUT2D eigenvalue weighted by Gasteiger charge is 2.08. The SMILES string of the molecule is CN(C)c1ccc(Cn2nccc2NC(=O)CCSc2ccc(F)cc2)cc1. The largest absolute Gasteiger partial charge is 0.378 e. The van der Waals surface area contributed by atoms with Crippen molar-refractivity contribution in [1.29, 1.82) is 0 Å². The molecule has 7 heteroatoms. The Balaban J connectivity index is 1.51. The maximum absolute atomic E-state index is 12.9. The van der Waals surface area contributed by atoms with E-state index >= 15 is 0 Å². The number of rotatable bonds is 8. The van der Waals surface area contributed by atoms with Gasteiger partial charge in [0.15, 0.2) is 0 Å². The van der Waals surface area contributed by atoms with Crippen LogP contribution in [0.25, 0.3) is 0 Å². The molecule has 28 heavy (non-hydrogen) atoms. The second-order valence-electron chi connectivity index (χ2n) is 6.54. The number of nitrogens with one attached hydrogen (secondary N) is 1. The highest BCUT2D eigenvalue weighted by atomic mass is 32.2. The summed E-state index contributed by atoms with van der Waals surface area (Å²) < 4.78 is 14.7. The molecular formula is C21H23FN4OS. The van der Waals surface area contributed by atoms with Gasteiger partial charge in [0.2, 0.25) is 5.91 Å². The molecule has 0 fully saturated rings. The van der Waals surface area contributed by atoms with E-state index in [1.165, 1.54) is 23.9 Å². The molecule has 3 rings (SSSR count). The summed E-state index contributed by atoms with van der Waals surface area (Å²) in [5.41, 5.74) is 2.24. The van der Waals surface area contributed by atoms with Crippen LogP contribution in [0.1, 0.15) is 12.0 Å². The molecule has 0 aliphatic heterocycles. The van der Waals surface area contributed by atoms with E-state index in [0.717, 1.165) is 16.1 Å². The van der Waals surface area contributed by atoms with Crippen molar-refractivity contribution in [3.05, 3.63) is 72.2 Å². The van der Waals surface area contributed by atoms with Crippen LogP contribution in [0.15, 0.2) is 65.7 Å². The van der Waals surface area contributed by atoms with E-state index in [1.54, 1.807) is 29.1 Å². The van der Waals surface area contributed by atoms with Gasteiger partial charge in [0.05, 0.1) is 12.7 Å². The molecule has 0 unspecified atom stereocenters. The number of thioether (sulfide) groups is 1. The van der Waals surface area contributed by atoms with Crippen LogP contribution >= 0.6 is 11.8 Å². The first-order valence-corrected chi connectivity index (χ1v) is 9.96. The Morgan fingerprint density at radius 3 is 2.50 bits per heavy atom. The van der Waals surface area contributed by atoms with E-state index in [-0.39, 0.29) is 11.7 Å². The Kier molecular flexibility index (Phi) is 6.71. The minimum Gasteiger partial charge on any atom is -0.378 e. The zero-order chi connectivity index (χ0) is 19.9. The number of anilines is 2. The van der Waals surface area contributed by atoms with Gasteiger partial charge in [0.25, 0.3) is 0 Å². The molecule has 146 valence electrons.